The fourth-order valence-electron chi connectivity index (χ4n) is 6.55. The minimum atomic E-state index is 0.643. The van der Waals surface area contributed by atoms with E-state index in [1.807, 2.05) is 49.6 Å². The van der Waals surface area contributed by atoms with Gasteiger partial charge >= 0.3 is 0 Å². The second-order valence-corrected chi connectivity index (χ2v) is 10.5. The van der Waals surface area contributed by atoms with Crippen molar-refractivity contribution in [2.45, 2.75) is 44.3 Å². The summed E-state index contributed by atoms with van der Waals surface area (Å²) >= 11 is 0. The number of nitrogens with one attached hydrogen (secondary N) is 2. The molecule has 2 saturated heterocycles. The summed E-state index contributed by atoms with van der Waals surface area (Å²) in [4.78, 5) is 7.62. The highest BCUT2D eigenvalue weighted by Gasteiger charge is 2.38. The summed E-state index contributed by atoms with van der Waals surface area (Å²) in [6.07, 6.45) is 10.8. The van der Waals surface area contributed by atoms with E-state index in [1.54, 1.807) is 0 Å². The molecule has 2 aliphatic heterocycles. The van der Waals surface area contributed by atoms with Gasteiger partial charge in [0.2, 0.25) is 0 Å². The molecule has 0 aliphatic carbocycles. The molecule has 2 fully saturated rings. The van der Waals surface area contributed by atoms with Crippen LogP contribution < -0.4 is 5.32 Å². The Morgan fingerprint density at radius 3 is 2.49 bits per heavy atom. The maximum absolute atomic E-state index is 9.33. The summed E-state index contributed by atoms with van der Waals surface area (Å²) in [5.74, 6) is 0.687. The van der Waals surface area contributed by atoms with Gasteiger partial charge in [-0.05, 0) is 74.5 Å². The molecule has 0 saturated carbocycles. The van der Waals surface area contributed by atoms with Crippen molar-refractivity contribution in [3.8, 4) is 28.5 Å². The quantitative estimate of drug-likeness (QED) is 0.319. The molecule has 6 nitrogen and oxygen atoms in total. The van der Waals surface area contributed by atoms with Gasteiger partial charge < -0.3 is 20.2 Å². The van der Waals surface area contributed by atoms with E-state index in [9.17, 15) is 5.26 Å². The molecule has 186 valence electrons. The van der Waals surface area contributed by atoms with Gasteiger partial charge in [0.1, 0.15) is 0 Å². The largest absolute Gasteiger partial charge is 0.388 e. The van der Waals surface area contributed by atoms with Gasteiger partial charge in [-0.2, -0.15) is 5.26 Å². The fraction of sp³-hybridized carbons (Fsp3) is 0.323. The zero-order chi connectivity index (χ0) is 25.5. The van der Waals surface area contributed by atoms with Crippen LogP contribution in [-0.4, -0.2) is 46.8 Å². The molecule has 0 spiro atoms. The summed E-state index contributed by atoms with van der Waals surface area (Å²) in [6, 6.07) is 19.8. The maximum atomic E-state index is 9.33. The average Bonchev–Trinajstić information content (AvgIpc) is 3.42. The molecule has 2 bridgehead atoms. The number of nitrogens with zero attached hydrogens (tertiary/aromatic N) is 4. The van der Waals surface area contributed by atoms with Gasteiger partial charge in [-0.15, -0.1) is 0 Å². The van der Waals surface area contributed by atoms with Gasteiger partial charge in [-0.1, -0.05) is 18.2 Å². The molecule has 37 heavy (non-hydrogen) atoms. The number of pyridine rings is 1. The van der Waals surface area contributed by atoms with Gasteiger partial charge in [0.15, 0.2) is 0 Å². The predicted octanol–water partition coefficient (Wildman–Crippen LogP) is 6.15. The SMILES string of the molecule is CNc1ccc(-c2ncc3c(ccn3CC3C[C@H]4CC[C@@H](C3)N4C)c2-c2ccc(C#N)cc2)cc1C=N. The van der Waals surface area contributed by atoms with E-state index in [2.05, 4.69) is 46.2 Å². The third kappa shape index (κ3) is 4.10. The molecule has 2 aromatic carbocycles. The monoisotopic (exact) mass is 488 g/mol. The highest BCUT2D eigenvalue weighted by molar-refractivity contribution is 6.02. The number of rotatable bonds is 6. The Morgan fingerprint density at radius 1 is 1.08 bits per heavy atom. The van der Waals surface area contributed by atoms with Crippen LogP contribution in [0.4, 0.5) is 5.69 Å². The highest BCUT2D eigenvalue weighted by atomic mass is 15.2. The number of piperidine rings is 1. The predicted molar refractivity (Wildman–Crippen MR) is 150 cm³/mol. The zero-order valence-electron chi connectivity index (χ0n) is 21.4. The minimum Gasteiger partial charge on any atom is -0.388 e. The first-order valence-electron chi connectivity index (χ1n) is 13.1. The molecule has 1 unspecified atom stereocenters. The molecule has 2 aliphatic rings. The smallest absolute Gasteiger partial charge is 0.0991 e. The molecule has 4 aromatic rings. The van der Waals surface area contributed by atoms with Crippen LogP contribution in [0, 0.1) is 22.7 Å². The molecule has 2 N–H and O–H groups in total. The van der Waals surface area contributed by atoms with E-state index in [1.165, 1.54) is 37.3 Å². The highest BCUT2D eigenvalue weighted by Crippen LogP contribution is 2.41. The Morgan fingerprint density at radius 2 is 1.81 bits per heavy atom. The van der Waals surface area contributed by atoms with Crippen molar-refractivity contribution in [2.24, 2.45) is 5.92 Å². The third-order valence-electron chi connectivity index (χ3n) is 8.53. The summed E-state index contributed by atoms with van der Waals surface area (Å²) < 4.78 is 2.39. The van der Waals surface area contributed by atoms with E-state index >= 15 is 0 Å². The lowest BCUT2D eigenvalue weighted by molar-refractivity contribution is 0.126. The second kappa shape index (κ2) is 9.49. The van der Waals surface area contributed by atoms with Crippen LogP contribution in [0.2, 0.25) is 0 Å². The van der Waals surface area contributed by atoms with E-state index in [4.69, 9.17) is 10.4 Å². The van der Waals surface area contributed by atoms with E-state index < -0.39 is 0 Å². The lowest BCUT2D eigenvalue weighted by atomic mass is 9.91. The molecule has 2 aromatic heterocycles. The number of benzene rings is 2. The van der Waals surface area contributed by atoms with Gasteiger partial charge in [-0.25, -0.2) is 0 Å². The number of fused-ring (bicyclic) bond motifs is 3. The number of aromatic nitrogens is 2. The lowest BCUT2D eigenvalue weighted by Crippen LogP contribution is -2.40. The fourth-order valence-corrected chi connectivity index (χ4v) is 6.55. The first-order valence-corrected chi connectivity index (χ1v) is 13.1. The summed E-state index contributed by atoms with van der Waals surface area (Å²) in [6.45, 7) is 1.02. The number of hydrogen-bond donors (Lipinski definition) is 2. The molecule has 3 atom stereocenters. The Labute approximate surface area is 218 Å². The van der Waals surface area contributed by atoms with Crippen LogP contribution in [0.1, 0.15) is 36.8 Å². The third-order valence-corrected chi connectivity index (χ3v) is 8.53. The first kappa shape index (κ1) is 23.4. The summed E-state index contributed by atoms with van der Waals surface area (Å²) in [7, 11) is 4.17. The van der Waals surface area contributed by atoms with Crippen LogP contribution >= 0.6 is 0 Å². The average molecular weight is 489 g/mol. The minimum absolute atomic E-state index is 0.643. The van der Waals surface area contributed by atoms with Crippen LogP contribution in [0.5, 0.6) is 0 Å². The summed E-state index contributed by atoms with van der Waals surface area (Å²) in [5.41, 5.74) is 7.49. The Kier molecular flexibility index (Phi) is 6.02. The first-order chi connectivity index (χ1) is 18.1. The topological polar surface area (TPSA) is 80.7 Å². The van der Waals surface area contributed by atoms with Crippen LogP contribution in [-0.2, 0) is 6.54 Å². The van der Waals surface area contributed by atoms with E-state index in [0.29, 0.717) is 11.5 Å². The molecule has 6 heteroatoms. The van der Waals surface area contributed by atoms with Crippen LogP contribution in [0.3, 0.4) is 0 Å². The van der Waals surface area contributed by atoms with Crippen molar-refractivity contribution >= 4 is 22.8 Å². The maximum Gasteiger partial charge on any atom is 0.0991 e. The van der Waals surface area contributed by atoms with E-state index in [0.717, 1.165) is 57.8 Å². The molecule has 6 rings (SSSR count). The van der Waals surface area contributed by atoms with Gasteiger partial charge in [0.05, 0.1) is 29.0 Å². The van der Waals surface area contributed by atoms with Crippen molar-refractivity contribution < 1.29 is 0 Å². The Balaban J connectivity index is 1.45. The van der Waals surface area contributed by atoms with Crippen LogP contribution in [0.15, 0.2) is 60.9 Å². The number of anilines is 1. The van der Waals surface area contributed by atoms with E-state index in [-0.39, 0.29) is 0 Å². The van der Waals surface area contributed by atoms with Gasteiger partial charge in [0.25, 0.3) is 0 Å². The summed E-state index contributed by atoms with van der Waals surface area (Å²) in [5, 5.41) is 21.5. The normalized spacial score (nSPS) is 21.2. The molecular formula is C31H32N6. The Hall–Kier alpha value is -3.95. The van der Waals surface area contributed by atoms with Crippen molar-refractivity contribution in [3.63, 3.8) is 0 Å². The van der Waals surface area contributed by atoms with Crippen molar-refractivity contribution in [2.75, 3.05) is 19.4 Å². The molecule has 0 amide bonds. The molecular weight excluding hydrogens is 456 g/mol. The number of hydrogen-bond acceptors (Lipinski definition) is 5. The Bertz CT molecular complexity index is 1500. The van der Waals surface area contributed by atoms with Gasteiger partial charge in [-0.3, -0.25) is 4.98 Å². The standard InChI is InChI=1S/C31H32N6/c1-34-28-10-7-23(15-24(28)17-33)31-30(22-5-3-20(16-32)4-6-22)27-11-12-37(29(27)18-35-31)19-21-13-25-8-9-26(14-21)36(25)2/h3-7,10-12,15,17-18,21,25-26,33-34H,8-9,13-14,19H2,1-2H3/t21?,25-,26+. The second-order valence-electron chi connectivity index (χ2n) is 10.5. The zero-order valence-corrected chi connectivity index (χ0v) is 21.4. The van der Waals surface area contributed by atoms with Crippen LogP contribution in [0.25, 0.3) is 33.3 Å². The van der Waals surface area contributed by atoms with Crippen molar-refractivity contribution in [1.29, 1.82) is 10.7 Å². The van der Waals surface area contributed by atoms with Gasteiger partial charge in [0, 0.05) is 65.9 Å². The van der Waals surface area contributed by atoms with Crippen molar-refractivity contribution in [1.82, 2.24) is 14.5 Å². The lowest BCUT2D eigenvalue weighted by Gasteiger charge is -2.36. The molecule has 4 heterocycles. The number of nitriles is 1. The van der Waals surface area contributed by atoms with Crippen molar-refractivity contribution in [3.05, 3.63) is 72.1 Å². The molecule has 0 radical (unpaired) electrons.